The summed E-state index contributed by atoms with van der Waals surface area (Å²) < 4.78 is 0. The van der Waals surface area contributed by atoms with Crippen LogP contribution >= 0.6 is 11.3 Å². The highest BCUT2D eigenvalue weighted by atomic mass is 32.1. The lowest BCUT2D eigenvalue weighted by Gasteiger charge is -2.45. The molecule has 17 heavy (non-hydrogen) atoms. The van der Waals surface area contributed by atoms with Crippen molar-refractivity contribution in [2.24, 2.45) is 0 Å². The average Bonchev–Trinajstić information content (AvgIpc) is 2.73. The van der Waals surface area contributed by atoms with Gasteiger partial charge in [0, 0.05) is 6.07 Å². The Morgan fingerprint density at radius 3 is 2.76 bits per heavy atom. The first kappa shape index (κ1) is 12.0. The minimum Gasteiger partial charge on any atom is -0.386 e. The van der Waals surface area contributed by atoms with Gasteiger partial charge in [-0.1, -0.05) is 18.3 Å². The number of amides is 1. The fourth-order valence-electron chi connectivity index (χ4n) is 1.73. The number of rotatable bonds is 3. The summed E-state index contributed by atoms with van der Waals surface area (Å²) in [6.07, 6.45) is 0.599. The Labute approximate surface area is 102 Å². The van der Waals surface area contributed by atoms with E-state index >= 15 is 0 Å². The van der Waals surface area contributed by atoms with Gasteiger partial charge in [-0.05, 0) is 12.5 Å². The van der Waals surface area contributed by atoms with Gasteiger partial charge >= 0.3 is 5.00 Å². The first-order valence-corrected chi connectivity index (χ1v) is 6.03. The molecule has 2 heterocycles. The quantitative estimate of drug-likeness (QED) is 0.651. The highest BCUT2D eigenvalue weighted by Crippen LogP contribution is 2.30. The monoisotopic (exact) mass is 256 g/mol. The molecule has 2 rings (SSSR count). The van der Waals surface area contributed by atoms with Crippen LogP contribution in [0, 0.1) is 10.1 Å². The summed E-state index contributed by atoms with van der Waals surface area (Å²) in [5.74, 6) is -0.249. The molecule has 1 aromatic rings. The summed E-state index contributed by atoms with van der Waals surface area (Å²) in [5, 5.41) is 20.2. The molecule has 0 aliphatic carbocycles. The zero-order chi connectivity index (χ0) is 12.6. The van der Waals surface area contributed by atoms with E-state index in [1.807, 2.05) is 6.92 Å². The Balaban J connectivity index is 2.04. The molecule has 1 aliphatic heterocycles. The molecule has 1 amide bonds. The van der Waals surface area contributed by atoms with Crippen molar-refractivity contribution in [1.82, 2.24) is 4.90 Å². The van der Waals surface area contributed by atoms with E-state index in [-0.39, 0.29) is 10.9 Å². The molecule has 1 saturated heterocycles. The summed E-state index contributed by atoms with van der Waals surface area (Å²) in [6, 6.07) is 2.78. The molecule has 0 spiro atoms. The lowest BCUT2D eigenvalue weighted by molar-refractivity contribution is -0.380. The van der Waals surface area contributed by atoms with Crippen molar-refractivity contribution in [3.8, 4) is 0 Å². The van der Waals surface area contributed by atoms with Crippen molar-refractivity contribution >= 4 is 22.2 Å². The van der Waals surface area contributed by atoms with Crippen LogP contribution in [0.3, 0.4) is 0 Å². The van der Waals surface area contributed by atoms with E-state index in [0.29, 0.717) is 24.4 Å². The molecular formula is C10H12N2O4S. The normalized spacial score (nSPS) is 17.6. The molecule has 1 N–H and O–H groups in total. The van der Waals surface area contributed by atoms with E-state index in [2.05, 4.69) is 0 Å². The van der Waals surface area contributed by atoms with Gasteiger partial charge in [0.2, 0.25) is 0 Å². The molecule has 1 aliphatic rings. The number of thiophene rings is 1. The summed E-state index contributed by atoms with van der Waals surface area (Å²) in [5.41, 5.74) is -0.779. The van der Waals surface area contributed by atoms with Crippen LogP contribution in [0.2, 0.25) is 0 Å². The Morgan fingerprint density at radius 1 is 1.65 bits per heavy atom. The molecule has 0 aromatic carbocycles. The van der Waals surface area contributed by atoms with E-state index < -0.39 is 10.5 Å². The van der Waals surface area contributed by atoms with Crippen LogP contribution in [0.25, 0.3) is 0 Å². The van der Waals surface area contributed by atoms with Crippen molar-refractivity contribution in [3.05, 3.63) is 27.1 Å². The number of carbonyl (C=O) groups is 1. The maximum absolute atomic E-state index is 11.9. The van der Waals surface area contributed by atoms with Crippen LogP contribution in [0.15, 0.2) is 12.1 Å². The highest BCUT2D eigenvalue weighted by Gasteiger charge is 2.42. The van der Waals surface area contributed by atoms with Gasteiger partial charge < -0.3 is 10.0 Å². The molecular weight excluding hydrogens is 244 g/mol. The predicted octanol–water partition coefficient (Wildman–Crippen LogP) is 1.25. The summed E-state index contributed by atoms with van der Waals surface area (Å²) in [6.45, 7) is 2.46. The number of β-amino-alcohol motifs (C(OH)–C–C–N with tert-alkyl or cyclic N) is 1. The van der Waals surface area contributed by atoms with Crippen molar-refractivity contribution < 1.29 is 14.8 Å². The second-order valence-electron chi connectivity index (χ2n) is 4.13. The van der Waals surface area contributed by atoms with Gasteiger partial charge in [-0.2, -0.15) is 0 Å². The minimum absolute atomic E-state index is 0.0420. The molecule has 0 radical (unpaired) electrons. The number of aliphatic hydroxyl groups is 1. The number of carbonyl (C=O) groups excluding carboxylic acids is 1. The standard InChI is InChI=1S/C10H12N2O4S/c1-2-10(14)5-11(6-10)9(13)7-3-4-8(17-7)12(15)16/h3-4,14H,2,5-6H2,1H3. The van der Waals surface area contributed by atoms with Crippen molar-refractivity contribution in [3.63, 3.8) is 0 Å². The molecule has 6 nitrogen and oxygen atoms in total. The van der Waals surface area contributed by atoms with Crippen LogP contribution in [0.5, 0.6) is 0 Å². The number of likely N-dealkylation sites (tertiary alicyclic amines) is 1. The first-order chi connectivity index (χ1) is 7.95. The molecule has 1 fully saturated rings. The van der Waals surface area contributed by atoms with Crippen LogP contribution in [-0.4, -0.2) is 39.5 Å². The van der Waals surface area contributed by atoms with E-state index in [4.69, 9.17) is 0 Å². The molecule has 0 atom stereocenters. The van der Waals surface area contributed by atoms with Crippen molar-refractivity contribution in [2.75, 3.05) is 13.1 Å². The third-order valence-corrected chi connectivity index (χ3v) is 3.92. The highest BCUT2D eigenvalue weighted by molar-refractivity contribution is 7.17. The summed E-state index contributed by atoms with van der Waals surface area (Å²) in [7, 11) is 0. The van der Waals surface area contributed by atoms with Crippen molar-refractivity contribution in [2.45, 2.75) is 18.9 Å². The van der Waals surface area contributed by atoms with Gasteiger partial charge in [0.05, 0.1) is 28.5 Å². The maximum Gasteiger partial charge on any atom is 0.324 e. The second-order valence-corrected chi connectivity index (χ2v) is 5.20. The Kier molecular flexibility index (Phi) is 2.88. The Morgan fingerprint density at radius 2 is 2.29 bits per heavy atom. The topological polar surface area (TPSA) is 83.7 Å². The van der Waals surface area contributed by atoms with Crippen LogP contribution < -0.4 is 0 Å². The van der Waals surface area contributed by atoms with Crippen LogP contribution in [-0.2, 0) is 0 Å². The first-order valence-electron chi connectivity index (χ1n) is 5.21. The van der Waals surface area contributed by atoms with E-state index in [9.17, 15) is 20.0 Å². The van der Waals surface area contributed by atoms with Crippen LogP contribution in [0.1, 0.15) is 23.0 Å². The Hall–Kier alpha value is -1.47. The maximum atomic E-state index is 11.9. The predicted molar refractivity (Wildman–Crippen MR) is 62.1 cm³/mol. The molecule has 0 bridgehead atoms. The molecule has 0 unspecified atom stereocenters. The summed E-state index contributed by atoms with van der Waals surface area (Å²) >= 11 is 0.862. The van der Waals surface area contributed by atoms with Gasteiger partial charge in [-0.15, -0.1) is 0 Å². The second kappa shape index (κ2) is 4.08. The third kappa shape index (κ3) is 2.16. The number of hydrogen-bond donors (Lipinski definition) is 1. The molecule has 92 valence electrons. The van der Waals surface area contributed by atoms with Gasteiger partial charge in [0.1, 0.15) is 0 Å². The fourth-order valence-corrected chi connectivity index (χ4v) is 2.52. The minimum atomic E-state index is -0.779. The molecule has 0 saturated carbocycles. The van der Waals surface area contributed by atoms with Gasteiger partial charge in [0.25, 0.3) is 5.91 Å². The van der Waals surface area contributed by atoms with E-state index in [1.54, 1.807) is 0 Å². The molecule has 7 heteroatoms. The zero-order valence-corrected chi connectivity index (χ0v) is 10.1. The van der Waals surface area contributed by atoms with Crippen molar-refractivity contribution in [1.29, 1.82) is 0 Å². The zero-order valence-electron chi connectivity index (χ0n) is 9.25. The smallest absolute Gasteiger partial charge is 0.324 e. The number of nitro groups is 1. The van der Waals surface area contributed by atoms with Gasteiger partial charge in [0.15, 0.2) is 0 Å². The summed E-state index contributed by atoms with van der Waals surface area (Å²) in [4.78, 5) is 23.7. The lowest BCUT2D eigenvalue weighted by Crippen LogP contribution is -2.63. The number of hydrogen-bond acceptors (Lipinski definition) is 5. The van der Waals surface area contributed by atoms with E-state index in [0.717, 1.165) is 11.3 Å². The van der Waals surface area contributed by atoms with E-state index in [1.165, 1.54) is 17.0 Å². The third-order valence-electron chi connectivity index (χ3n) is 2.90. The van der Waals surface area contributed by atoms with Gasteiger partial charge in [-0.3, -0.25) is 14.9 Å². The lowest BCUT2D eigenvalue weighted by atomic mass is 9.91. The SMILES string of the molecule is CCC1(O)CN(C(=O)c2ccc([N+](=O)[O-])s2)C1. The van der Waals surface area contributed by atoms with Gasteiger partial charge in [-0.25, -0.2) is 0 Å². The average molecular weight is 256 g/mol. The molecule has 1 aromatic heterocycles. The largest absolute Gasteiger partial charge is 0.386 e. The number of nitrogens with zero attached hydrogens (tertiary/aromatic N) is 2. The fraction of sp³-hybridized carbons (Fsp3) is 0.500. The van der Waals surface area contributed by atoms with Crippen LogP contribution in [0.4, 0.5) is 5.00 Å². The Bertz CT molecular complexity index is 465.